The standard InChI is InChI=1S/C21H27BrN2O2Si/c1-15-18(22)12-23-21-20(15)17(16-8-6-7-9-19(16)25-2)13-24(21)14-26-10-11-27(3,4)5/h6-9,12-13H,10-11,14H2,1-5H3. The fourth-order valence-electron chi connectivity index (χ4n) is 3.10. The van der Waals surface area contributed by atoms with Gasteiger partial charge in [-0.2, -0.15) is 0 Å². The van der Waals surface area contributed by atoms with Gasteiger partial charge in [0.05, 0.1) is 7.11 Å². The van der Waals surface area contributed by atoms with Crippen molar-refractivity contribution in [3.8, 4) is 16.9 Å². The van der Waals surface area contributed by atoms with E-state index in [0.29, 0.717) is 6.73 Å². The number of aromatic nitrogens is 2. The summed E-state index contributed by atoms with van der Waals surface area (Å²) >= 11 is 3.62. The van der Waals surface area contributed by atoms with Crippen LogP contribution in [0, 0.1) is 6.92 Å². The normalized spacial score (nSPS) is 11.9. The lowest BCUT2D eigenvalue weighted by molar-refractivity contribution is 0.0899. The highest BCUT2D eigenvalue weighted by molar-refractivity contribution is 9.10. The summed E-state index contributed by atoms with van der Waals surface area (Å²) in [5.74, 6) is 0.857. The third-order valence-corrected chi connectivity index (χ3v) is 7.21. The SMILES string of the molecule is COc1ccccc1-c1cn(COCC[Si](C)(C)C)c2ncc(Br)c(C)c12. The Hall–Kier alpha value is -1.63. The highest BCUT2D eigenvalue weighted by atomic mass is 79.9. The molecule has 2 heterocycles. The molecule has 0 spiro atoms. The number of methoxy groups -OCH3 is 1. The van der Waals surface area contributed by atoms with Crippen LogP contribution in [0.4, 0.5) is 0 Å². The summed E-state index contributed by atoms with van der Waals surface area (Å²) in [7, 11) is 0.609. The molecule has 144 valence electrons. The lowest BCUT2D eigenvalue weighted by Crippen LogP contribution is -2.22. The molecular weight excluding hydrogens is 420 g/mol. The molecule has 3 aromatic rings. The first-order valence-electron chi connectivity index (χ1n) is 9.17. The van der Waals surface area contributed by atoms with Crippen molar-refractivity contribution >= 4 is 35.0 Å². The van der Waals surface area contributed by atoms with Crippen LogP contribution in [0.5, 0.6) is 5.75 Å². The molecule has 0 saturated carbocycles. The van der Waals surface area contributed by atoms with Gasteiger partial charge in [0.15, 0.2) is 0 Å². The van der Waals surface area contributed by atoms with E-state index < -0.39 is 8.07 Å². The monoisotopic (exact) mass is 446 g/mol. The number of rotatable bonds is 7. The number of halogens is 1. The Labute approximate surface area is 170 Å². The van der Waals surface area contributed by atoms with E-state index in [1.807, 2.05) is 24.4 Å². The number of fused-ring (bicyclic) bond motifs is 1. The van der Waals surface area contributed by atoms with Crippen molar-refractivity contribution < 1.29 is 9.47 Å². The van der Waals surface area contributed by atoms with Crippen molar-refractivity contribution in [2.75, 3.05) is 13.7 Å². The molecule has 0 atom stereocenters. The van der Waals surface area contributed by atoms with Crippen LogP contribution in [0.2, 0.25) is 25.7 Å². The van der Waals surface area contributed by atoms with Gasteiger partial charge in [0.1, 0.15) is 18.1 Å². The van der Waals surface area contributed by atoms with Gasteiger partial charge in [-0.3, -0.25) is 0 Å². The first-order chi connectivity index (χ1) is 12.8. The molecule has 0 radical (unpaired) electrons. The van der Waals surface area contributed by atoms with E-state index in [0.717, 1.165) is 45.0 Å². The van der Waals surface area contributed by atoms with Gasteiger partial charge < -0.3 is 14.0 Å². The number of pyridine rings is 1. The Balaban J connectivity index is 2.02. The first-order valence-corrected chi connectivity index (χ1v) is 13.7. The molecule has 2 aromatic heterocycles. The van der Waals surface area contributed by atoms with Gasteiger partial charge in [0, 0.05) is 48.1 Å². The van der Waals surface area contributed by atoms with Crippen LogP contribution in [0.25, 0.3) is 22.2 Å². The van der Waals surface area contributed by atoms with Crippen molar-refractivity contribution in [3.63, 3.8) is 0 Å². The molecule has 0 N–H and O–H groups in total. The van der Waals surface area contributed by atoms with Crippen LogP contribution >= 0.6 is 15.9 Å². The maximum absolute atomic E-state index is 5.99. The lowest BCUT2D eigenvalue weighted by atomic mass is 10.0. The molecule has 6 heteroatoms. The predicted molar refractivity (Wildman–Crippen MR) is 118 cm³/mol. The van der Waals surface area contributed by atoms with Crippen molar-refractivity contribution in [2.24, 2.45) is 0 Å². The fourth-order valence-corrected chi connectivity index (χ4v) is 4.16. The number of ether oxygens (including phenoxy) is 2. The third kappa shape index (κ3) is 4.45. The van der Waals surface area contributed by atoms with Gasteiger partial charge in [-0.15, -0.1) is 0 Å². The largest absolute Gasteiger partial charge is 0.496 e. The second-order valence-electron chi connectivity index (χ2n) is 7.99. The van der Waals surface area contributed by atoms with E-state index in [-0.39, 0.29) is 0 Å². The molecule has 27 heavy (non-hydrogen) atoms. The van der Waals surface area contributed by atoms with E-state index in [9.17, 15) is 0 Å². The summed E-state index contributed by atoms with van der Waals surface area (Å²) < 4.78 is 14.7. The third-order valence-electron chi connectivity index (χ3n) is 4.71. The van der Waals surface area contributed by atoms with E-state index in [1.54, 1.807) is 7.11 Å². The van der Waals surface area contributed by atoms with Crippen molar-refractivity contribution in [3.05, 3.63) is 46.7 Å². The van der Waals surface area contributed by atoms with Crippen LogP contribution in [0.3, 0.4) is 0 Å². The minimum atomic E-state index is -1.10. The number of nitrogens with zero attached hydrogens (tertiary/aromatic N) is 2. The van der Waals surface area contributed by atoms with E-state index >= 15 is 0 Å². The second-order valence-corrected chi connectivity index (χ2v) is 14.5. The van der Waals surface area contributed by atoms with Crippen LogP contribution < -0.4 is 4.74 Å². The van der Waals surface area contributed by atoms with Crippen molar-refractivity contribution in [2.45, 2.75) is 39.3 Å². The molecule has 0 unspecified atom stereocenters. The van der Waals surface area contributed by atoms with Crippen LogP contribution in [0.1, 0.15) is 5.56 Å². The Kier molecular flexibility index (Phi) is 6.08. The Morgan fingerprint density at radius 2 is 1.89 bits per heavy atom. The van der Waals surface area contributed by atoms with E-state index in [4.69, 9.17) is 9.47 Å². The van der Waals surface area contributed by atoms with Crippen molar-refractivity contribution in [1.29, 1.82) is 0 Å². The summed E-state index contributed by atoms with van der Waals surface area (Å²) in [4.78, 5) is 4.67. The Bertz CT molecular complexity index is 947. The average Bonchev–Trinajstić information content (AvgIpc) is 3.00. The topological polar surface area (TPSA) is 36.3 Å². The molecule has 0 amide bonds. The minimum Gasteiger partial charge on any atom is -0.496 e. The van der Waals surface area contributed by atoms with Gasteiger partial charge in [-0.25, -0.2) is 4.98 Å². The zero-order valence-electron chi connectivity index (χ0n) is 16.7. The van der Waals surface area contributed by atoms with Gasteiger partial charge in [0.2, 0.25) is 0 Å². The molecule has 0 bridgehead atoms. The van der Waals surface area contributed by atoms with Gasteiger partial charge in [-0.05, 0) is 40.5 Å². The molecule has 3 rings (SSSR count). The molecule has 0 fully saturated rings. The van der Waals surface area contributed by atoms with E-state index in [2.05, 4.69) is 64.3 Å². The van der Waals surface area contributed by atoms with Crippen LogP contribution in [-0.4, -0.2) is 31.3 Å². The molecule has 0 aliphatic rings. The average molecular weight is 447 g/mol. The lowest BCUT2D eigenvalue weighted by Gasteiger charge is -2.15. The minimum absolute atomic E-state index is 0.504. The summed E-state index contributed by atoms with van der Waals surface area (Å²) in [6.07, 6.45) is 3.99. The molecule has 4 nitrogen and oxygen atoms in total. The number of para-hydroxylation sites is 1. The van der Waals surface area contributed by atoms with Gasteiger partial charge >= 0.3 is 0 Å². The smallest absolute Gasteiger partial charge is 0.142 e. The molecule has 0 saturated heterocycles. The number of aryl methyl sites for hydroxylation is 1. The number of benzene rings is 1. The Morgan fingerprint density at radius 3 is 2.59 bits per heavy atom. The van der Waals surface area contributed by atoms with Gasteiger partial charge in [-0.1, -0.05) is 37.8 Å². The van der Waals surface area contributed by atoms with Crippen molar-refractivity contribution in [1.82, 2.24) is 9.55 Å². The van der Waals surface area contributed by atoms with E-state index in [1.165, 1.54) is 5.56 Å². The zero-order chi connectivity index (χ0) is 19.6. The van der Waals surface area contributed by atoms with Crippen LogP contribution in [0.15, 0.2) is 41.1 Å². The predicted octanol–water partition coefficient (Wildman–Crippen LogP) is 6.10. The molecule has 0 aliphatic heterocycles. The quantitative estimate of drug-likeness (QED) is 0.325. The second kappa shape index (κ2) is 8.16. The van der Waals surface area contributed by atoms with Crippen LogP contribution in [-0.2, 0) is 11.5 Å². The summed E-state index contributed by atoms with van der Waals surface area (Å²) in [5, 5.41) is 1.13. The maximum atomic E-state index is 5.99. The fraction of sp³-hybridized carbons (Fsp3) is 0.381. The first kappa shape index (κ1) is 20.1. The molecule has 1 aromatic carbocycles. The summed E-state index contributed by atoms with van der Waals surface area (Å²) in [5.41, 5.74) is 4.28. The number of hydrogen-bond donors (Lipinski definition) is 0. The number of hydrogen-bond acceptors (Lipinski definition) is 3. The summed E-state index contributed by atoms with van der Waals surface area (Å²) in [6, 6.07) is 9.26. The summed E-state index contributed by atoms with van der Waals surface area (Å²) in [6.45, 7) is 10.5. The molecular formula is C21H27BrN2O2Si. The highest BCUT2D eigenvalue weighted by Crippen LogP contribution is 2.38. The highest BCUT2D eigenvalue weighted by Gasteiger charge is 2.18. The molecule has 0 aliphatic carbocycles. The maximum Gasteiger partial charge on any atom is 0.142 e. The van der Waals surface area contributed by atoms with Gasteiger partial charge in [0.25, 0.3) is 0 Å². The Morgan fingerprint density at radius 1 is 1.15 bits per heavy atom. The zero-order valence-corrected chi connectivity index (χ0v) is 19.3.